The number of aromatic nitrogens is 4. The molecule has 5 heteroatoms. The molecule has 274 valence electrons. The van der Waals surface area contributed by atoms with Crippen LogP contribution in [0.3, 0.4) is 0 Å². The number of benzene rings is 6. The number of hydrogen-bond acceptors (Lipinski definition) is 3. The molecule has 0 fully saturated rings. The SMILES string of the molecule is C=C(N=C/C=C\C)n1c2ccc(-c3ccc4c(c3)c3cc5c(cc3n4-c3ncccn3)C(C)(C)c3ccccc3-5)cc2c2cc3c(cc21)C(C)(C)c1ccccc1-3. The maximum absolute atomic E-state index is 4.79. The fraction of sp³-hybridized carbons (Fsp3) is 0.135. The van der Waals surface area contributed by atoms with E-state index in [1.807, 2.05) is 43.8 Å². The van der Waals surface area contributed by atoms with Gasteiger partial charge in [0.05, 0.1) is 22.1 Å². The molecule has 0 N–H and O–H groups in total. The highest BCUT2D eigenvalue weighted by atomic mass is 15.1. The molecule has 0 unspecified atom stereocenters. The van der Waals surface area contributed by atoms with Crippen LogP contribution in [0.4, 0.5) is 0 Å². The molecular formula is C52H41N5. The lowest BCUT2D eigenvalue weighted by molar-refractivity contribution is 0.661. The number of rotatable bonds is 5. The molecule has 9 aromatic rings. The van der Waals surface area contributed by atoms with Gasteiger partial charge in [0.25, 0.3) is 0 Å². The third-order valence-corrected chi connectivity index (χ3v) is 12.8. The van der Waals surface area contributed by atoms with Crippen molar-refractivity contribution < 1.29 is 0 Å². The van der Waals surface area contributed by atoms with Gasteiger partial charge in [0.1, 0.15) is 5.82 Å². The van der Waals surface area contributed by atoms with Gasteiger partial charge in [0.15, 0.2) is 0 Å². The van der Waals surface area contributed by atoms with Crippen molar-refractivity contribution in [2.75, 3.05) is 0 Å². The lowest BCUT2D eigenvalue weighted by atomic mass is 9.82. The van der Waals surface area contributed by atoms with Crippen molar-refractivity contribution in [3.05, 3.63) is 169 Å². The molecule has 0 bridgehead atoms. The first-order valence-corrected chi connectivity index (χ1v) is 19.7. The molecule has 3 heterocycles. The fourth-order valence-electron chi connectivity index (χ4n) is 9.96. The Kier molecular flexibility index (Phi) is 6.95. The second-order valence-corrected chi connectivity index (χ2v) is 16.6. The van der Waals surface area contributed by atoms with Crippen LogP contribution in [0.5, 0.6) is 0 Å². The van der Waals surface area contributed by atoms with Gasteiger partial charge in [-0.25, -0.2) is 15.0 Å². The van der Waals surface area contributed by atoms with Crippen LogP contribution in [0.2, 0.25) is 0 Å². The Bertz CT molecular complexity index is 3260. The molecule has 11 rings (SSSR count). The molecule has 0 atom stereocenters. The van der Waals surface area contributed by atoms with Gasteiger partial charge in [0.2, 0.25) is 5.95 Å². The van der Waals surface area contributed by atoms with E-state index in [4.69, 9.17) is 15.0 Å². The first-order valence-electron chi connectivity index (χ1n) is 19.7. The van der Waals surface area contributed by atoms with Crippen LogP contribution in [-0.2, 0) is 10.8 Å². The Hall–Kier alpha value is -6.85. The summed E-state index contributed by atoms with van der Waals surface area (Å²) >= 11 is 0. The summed E-state index contributed by atoms with van der Waals surface area (Å²) in [6.45, 7) is 15.8. The van der Waals surface area contributed by atoms with E-state index in [0.717, 1.165) is 33.2 Å². The quantitative estimate of drug-likeness (QED) is 0.165. The Labute approximate surface area is 332 Å². The number of hydrogen-bond donors (Lipinski definition) is 0. The largest absolute Gasteiger partial charge is 0.294 e. The topological polar surface area (TPSA) is 48.0 Å². The summed E-state index contributed by atoms with van der Waals surface area (Å²) in [6, 6.07) is 42.8. The van der Waals surface area contributed by atoms with E-state index in [2.05, 4.69) is 153 Å². The van der Waals surface area contributed by atoms with E-state index >= 15 is 0 Å². The average Bonchev–Trinajstić information content (AvgIpc) is 3.88. The predicted molar refractivity (Wildman–Crippen MR) is 239 cm³/mol. The summed E-state index contributed by atoms with van der Waals surface area (Å²) in [5.74, 6) is 1.35. The Morgan fingerprint density at radius 3 is 1.70 bits per heavy atom. The van der Waals surface area contributed by atoms with Gasteiger partial charge in [-0.3, -0.25) is 9.13 Å². The van der Waals surface area contributed by atoms with Crippen LogP contribution >= 0.6 is 0 Å². The Morgan fingerprint density at radius 1 is 0.561 bits per heavy atom. The molecule has 0 radical (unpaired) electrons. The first kappa shape index (κ1) is 33.5. The smallest absolute Gasteiger partial charge is 0.234 e. The van der Waals surface area contributed by atoms with Crippen LogP contribution in [0.25, 0.3) is 88.8 Å². The lowest BCUT2D eigenvalue weighted by Gasteiger charge is -2.21. The summed E-state index contributed by atoms with van der Waals surface area (Å²) in [5.41, 5.74) is 17.0. The second-order valence-electron chi connectivity index (χ2n) is 16.6. The van der Waals surface area contributed by atoms with E-state index in [1.165, 1.54) is 66.1 Å². The van der Waals surface area contributed by atoms with Gasteiger partial charge >= 0.3 is 0 Å². The fourth-order valence-corrected chi connectivity index (χ4v) is 9.96. The Balaban J connectivity index is 1.16. The zero-order valence-electron chi connectivity index (χ0n) is 32.8. The maximum Gasteiger partial charge on any atom is 0.234 e. The molecule has 2 aliphatic rings. The van der Waals surface area contributed by atoms with Crippen molar-refractivity contribution in [1.29, 1.82) is 0 Å². The molecule has 57 heavy (non-hydrogen) atoms. The van der Waals surface area contributed by atoms with Crippen LogP contribution in [-0.4, -0.2) is 25.3 Å². The van der Waals surface area contributed by atoms with E-state index in [9.17, 15) is 0 Å². The van der Waals surface area contributed by atoms with Gasteiger partial charge in [0, 0.05) is 51.0 Å². The van der Waals surface area contributed by atoms with E-state index < -0.39 is 0 Å². The molecule has 0 saturated carbocycles. The summed E-state index contributed by atoms with van der Waals surface area (Å²) < 4.78 is 4.45. The monoisotopic (exact) mass is 735 g/mol. The van der Waals surface area contributed by atoms with Crippen LogP contribution in [0, 0.1) is 0 Å². The molecule has 2 aliphatic carbocycles. The average molecular weight is 736 g/mol. The van der Waals surface area contributed by atoms with E-state index in [-0.39, 0.29) is 10.8 Å². The van der Waals surface area contributed by atoms with Gasteiger partial charge in [-0.2, -0.15) is 0 Å². The number of aliphatic imine (C=N–C) groups is 1. The standard InChI is InChI=1S/C52H41N5/c1-7-8-22-53-31(2)56-46-20-18-32(25-38(46)40-27-36-34-14-9-11-16-42(34)51(3,4)44(36)29-48(40)56)33-19-21-47-39(26-33)41-28-37-35-15-10-12-17-43(35)52(5,6)45(37)30-49(41)57(47)50-54-23-13-24-55-50/h7-30H,2H2,1,3-6H3/b8-7-,53-22?. The van der Waals surface area contributed by atoms with E-state index in [1.54, 1.807) is 0 Å². The zero-order valence-corrected chi connectivity index (χ0v) is 32.8. The minimum Gasteiger partial charge on any atom is -0.294 e. The molecule has 0 amide bonds. The normalized spacial score (nSPS) is 15.0. The van der Waals surface area contributed by atoms with Crippen LogP contribution in [0.15, 0.2) is 151 Å². The van der Waals surface area contributed by atoms with Crippen molar-refractivity contribution in [3.8, 4) is 39.3 Å². The van der Waals surface area contributed by atoms with Gasteiger partial charge in [-0.1, -0.05) is 101 Å². The van der Waals surface area contributed by atoms with Crippen molar-refractivity contribution >= 4 is 55.6 Å². The highest BCUT2D eigenvalue weighted by molar-refractivity contribution is 6.15. The van der Waals surface area contributed by atoms with Crippen molar-refractivity contribution in [2.24, 2.45) is 4.99 Å². The minimum atomic E-state index is -0.126. The first-order chi connectivity index (χ1) is 27.7. The van der Waals surface area contributed by atoms with Crippen molar-refractivity contribution in [1.82, 2.24) is 19.1 Å². The number of allylic oxidation sites excluding steroid dienone is 2. The third-order valence-electron chi connectivity index (χ3n) is 12.8. The number of nitrogens with zero attached hydrogens (tertiary/aromatic N) is 5. The van der Waals surface area contributed by atoms with Gasteiger partial charge in [-0.15, -0.1) is 0 Å². The molecular weight excluding hydrogens is 695 g/mol. The highest BCUT2D eigenvalue weighted by Crippen LogP contribution is 2.53. The molecule has 0 aliphatic heterocycles. The molecule has 6 aromatic carbocycles. The summed E-state index contributed by atoms with van der Waals surface area (Å²) in [7, 11) is 0. The predicted octanol–water partition coefficient (Wildman–Crippen LogP) is 13.0. The maximum atomic E-state index is 4.79. The second kappa shape index (κ2) is 11.8. The van der Waals surface area contributed by atoms with Crippen molar-refractivity contribution in [3.63, 3.8) is 0 Å². The molecule has 3 aromatic heterocycles. The summed E-state index contributed by atoms with van der Waals surface area (Å²) in [4.78, 5) is 14.3. The van der Waals surface area contributed by atoms with Crippen molar-refractivity contribution in [2.45, 2.75) is 45.4 Å². The van der Waals surface area contributed by atoms with Crippen LogP contribution < -0.4 is 0 Å². The van der Waals surface area contributed by atoms with Gasteiger partial charge < -0.3 is 0 Å². The molecule has 0 spiro atoms. The number of fused-ring (bicyclic) bond motifs is 12. The van der Waals surface area contributed by atoms with Crippen LogP contribution in [0.1, 0.15) is 56.9 Å². The van der Waals surface area contributed by atoms with Gasteiger partial charge in [-0.05, 0) is 123 Å². The van der Waals surface area contributed by atoms with E-state index in [0.29, 0.717) is 11.8 Å². The third kappa shape index (κ3) is 4.60. The lowest BCUT2D eigenvalue weighted by Crippen LogP contribution is -2.15. The Morgan fingerprint density at radius 2 is 1.09 bits per heavy atom. The molecule has 0 saturated heterocycles. The highest BCUT2D eigenvalue weighted by Gasteiger charge is 2.37. The summed E-state index contributed by atoms with van der Waals surface area (Å²) in [5, 5.41) is 4.73. The minimum absolute atomic E-state index is 0.125. The summed E-state index contributed by atoms with van der Waals surface area (Å²) in [6.07, 6.45) is 9.39. The molecule has 5 nitrogen and oxygen atoms in total. The zero-order chi connectivity index (χ0) is 38.8.